The molecule has 0 aromatic heterocycles. The van der Waals surface area contributed by atoms with Crippen LogP contribution in [0.25, 0.3) is 0 Å². The average molecular weight is 356 g/mol. The number of halogens is 1. The standard InChI is InChI=1S/C14H14BrNO5/c1-4-5-16-12(17)8-21-14(18)9-6-10(19-2)13(15)11(7-9)20-3/h1,6-7H,5,8H2,2-3H3,(H,16,17). The van der Waals surface area contributed by atoms with Crippen molar-refractivity contribution in [3.8, 4) is 23.8 Å². The lowest BCUT2D eigenvalue weighted by molar-refractivity contribution is -0.123. The molecule has 0 atom stereocenters. The lowest BCUT2D eigenvalue weighted by Crippen LogP contribution is -2.29. The summed E-state index contributed by atoms with van der Waals surface area (Å²) in [6, 6.07) is 2.96. The summed E-state index contributed by atoms with van der Waals surface area (Å²) in [6.07, 6.45) is 5.00. The van der Waals surface area contributed by atoms with E-state index in [1.807, 2.05) is 0 Å². The maximum Gasteiger partial charge on any atom is 0.338 e. The van der Waals surface area contributed by atoms with E-state index in [4.69, 9.17) is 20.6 Å². The van der Waals surface area contributed by atoms with Gasteiger partial charge in [-0.25, -0.2) is 4.79 Å². The van der Waals surface area contributed by atoms with E-state index >= 15 is 0 Å². The lowest BCUT2D eigenvalue weighted by Gasteiger charge is -2.11. The molecule has 0 unspecified atom stereocenters. The maximum atomic E-state index is 11.9. The van der Waals surface area contributed by atoms with Crippen LogP contribution < -0.4 is 14.8 Å². The van der Waals surface area contributed by atoms with Crippen LogP contribution in [0.5, 0.6) is 11.5 Å². The summed E-state index contributed by atoms with van der Waals surface area (Å²) in [7, 11) is 2.92. The Balaban J connectivity index is 2.79. The van der Waals surface area contributed by atoms with Crippen LogP contribution >= 0.6 is 15.9 Å². The van der Waals surface area contributed by atoms with Crippen LogP contribution in [-0.2, 0) is 9.53 Å². The molecule has 0 spiro atoms. The van der Waals surface area contributed by atoms with Gasteiger partial charge in [-0.05, 0) is 28.1 Å². The molecule has 112 valence electrons. The van der Waals surface area contributed by atoms with Crippen molar-refractivity contribution in [2.75, 3.05) is 27.4 Å². The van der Waals surface area contributed by atoms with Crippen LogP contribution in [0.3, 0.4) is 0 Å². The zero-order chi connectivity index (χ0) is 15.8. The Labute approximate surface area is 130 Å². The molecule has 0 heterocycles. The smallest absolute Gasteiger partial charge is 0.338 e. The summed E-state index contributed by atoms with van der Waals surface area (Å²) in [5, 5.41) is 2.38. The molecule has 1 amide bonds. The summed E-state index contributed by atoms with van der Waals surface area (Å²) < 4.78 is 15.7. The van der Waals surface area contributed by atoms with Crippen LogP contribution in [0.2, 0.25) is 0 Å². The molecule has 0 bridgehead atoms. The molecular formula is C14H14BrNO5. The molecule has 0 aliphatic carbocycles. The predicted molar refractivity (Wildman–Crippen MR) is 79.4 cm³/mol. The summed E-state index contributed by atoms with van der Waals surface area (Å²) in [6.45, 7) is -0.336. The number of benzene rings is 1. The van der Waals surface area contributed by atoms with Gasteiger partial charge in [0.15, 0.2) is 6.61 Å². The molecule has 1 aromatic carbocycles. The highest BCUT2D eigenvalue weighted by atomic mass is 79.9. The number of carbonyl (C=O) groups is 2. The molecule has 0 aliphatic heterocycles. The molecule has 6 nitrogen and oxygen atoms in total. The Morgan fingerprint density at radius 3 is 2.33 bits per heavy atom. The fourth-order valence-corrected chi connectivity index (χ4v) is 1.95. The molecule has 0 fully saturated rings. The van der Waals surface area contributed by atoms with Crippen LogP contribution in [0.15, 0.2) is 16.6 Å². The fourth-order valence-electron chi connectivity index (χ4n) is 1.40. The summed E-state index contributed by atoms with van der Waals surface area (Å²) in [5.41, 5.74) is 0.205. The minimum Gasteiger partial charge on any atom is -0.495 e. The second-order valence-electron chi connectivity index (χ2n) is 3.75. The van der Waals surface area contributed by atoms with Gasteiger partial charge in [0, 0.05) is 0 Å². The SMILES string of the molecule is C#CCNC(=O)COC(=O)c1cc(OC)c(Br)c(OC)c1. The lowest BCUT2D eigenvalue weighted by atomic mass is 10.2. The molecule has 0 radical (unpaired) electrons. The van der Waals surface area contributed by atoms with E-state index in [2.05, 4.69) is 27.2 Å². The van der Waals surface area contributed by atoms with E-state index in [9.17, 15) is 9.59 Å². The van der Waals surface area contributed by atoms with Gasteiger partial charge in [0.2, 0.25) is 0 Å². The fraction of sp³-hybridized carbons (Fsp3) is 0.286. The molecule has 0 saturated carbocycles. The monoisotopic (exact) mass is 355 g/mol. The molecule has 1 N–H and O–H groups in total. The van der Waals surface area contributed by atoms with Crippen molar-refractivity contribution in [2.45, 2.75) is 0 Å². The highest BCUT2D eigenvalue weighted by Crippen LogP contribution is 2.35. The Kier molecular flexibility index (Phi) is 6.56. The number of amides is 1. The third-order valence-electron chi connectivity index (χ3n) is 2.40. The van der Waals surface area contributed by atoms with E-state index in [1.54, 1.807) is 0 Å². The van der Waals surface area contributed by atoms with Crippen molar-refractivity contribution >= 4 is 27.8 Å². The summed E-state index contributed by atoms with van der Waals surface area (Å²) in [4.78, 5) is 23.2. The number of rotatable bonds is 6. The van der Waals surface area contributed by atoms with Crippen molar-refractivity contribution in [2.24, 2.45) is 0 Å². The van der Waals surface area contributed by atoms with Gasteiger partial charge in [-0.1, -0.05) is 5.92 Å². The summed E-state index contributed by atoms with van der Waals surface area (Å²) in [5.74, 6) is 1.93. The van der Waals surface area contributed by atoms with Gasteiger partial charge in [-0.3, -0.25) is 4.79 Å². The van der Waals surface area contributed by atoms with Crippen molar-refractivity contribution in [3.05, 3.63) is 22.2 Å². The number of hydrogen-bond acceptors (Lipinski definition) is 5. The van der Waals surface area contributed by atoms with Crippen LogP contribution in [0.1, 0.15) is 10.4 Å². The Hall–Kier alpha value is -2.20. The highest BCUT2D eigenvalue weighted by molar-refractivity contribution is 9.10. The van der Waals surface area contributed by atoms with Crippen LogP contribution in [-0.4, -0.2) is 39.2 Å². The number of terminal acetylenes is 1. The van der Waals surface area contributed by atoms with Gasteiger partial charge in [0.1, 0.15) is 16.0 Å². The number of hydrogen-bond donors (Lipinski definition) is 1. The number of esters is 1. The Bertz CT molecular complexity index is 554. The number of methoxy groups -OCH3 is 2. The molecule has 1 rings (SSSR count). The topological polar surface area (TPSA) is 73.9 Å². The van der Waals surface area contributed by atoms with E-state index < -0.39 is 18.5 Å². The first-order chi connectivity index (χ1) is 10.0. The second-order valence-corrected chi connectivity index (χ2v) is 4.54. The molecule has 7 heteroatoms. The van der Waals surface area contributed by atoms with Gasteiger partial charge in [0.25, 0.3) is 5.91 Å². The van der Waals surface area contributed by atoms with Gasteiger partial charge in [-0.2, -0.15) is 0 Å². The van der Waals surface area contributed by atoms with Crippen molar-refractivity contribution < 1.29 is 23.8 Å². The predicted octanol–water partition coefficient (Wildman–Crippen LogP) is 1.37. The van der Waals surface area contributed by atoms with E-state index in [-0.39, 0.29) is 12.1 Å². The normalized spacial score (nSPS) is 9.43. The molecule has 1 aromatic rings. The van der Waals surface area contributed by atoms with Crippen molar-refractivity contribution in [1.29, 1.82) is 0 Å². The van der Waals surface area contributed by atoms with E-state index in [1.165, 1.54) is 26.4 Å². The maximum absolute atomic E-state index is 11.9. The molecule has 0 aliphatic rings. The minimum absolute atomic E-state index is 0.0797. The van der Waals surface area contributed by atoms with E-state index in [0.29, 0.717) is 16.0 Å². The second kappa shape index (κ2) is 8.17. The van der Waals surface area contributed by atoms with Gasteiger partial charge >= 0.3 is 5.97 Å². The van der Waals surface area contributed by atoms with Crippen molar-refractivity contribution in [3.63, 3.8) is 0 Å². The van der Waals surface area contributed by atoms with Gasteiger partial charge in [0.05, 0.1) is 26.3 Å². The zero-order valence-electron chi connectivity index (χ0n) is 11.6. The first-order valence-corrected chi connectivity index (χ1v) is 6.61. The van der Waals surface area contributed by atoms with Gasteiger partial charge < -0.3 is 19.5 Å². The first kappa shape index (κ1) is 16.9. The third-order valence-corrected chi connectivity index (χ3v) is 3.18. The number of carbonyl (C=O) groups excluding carboxylic acids is 2. The first-order valence-electron chi connectivity index (χ1n) is 5.82. The quantitative estimate of drug-likeness (QED) is 0.616. The van der Waals surface area contributed by atoms with Gasteiger partial charge in [-0.15, -0.1) is 6.42 Å². The molecule has 0 saturated heterocycles. The Morgan fingerprint density at radius 1 is 1.29 bits per heavy atom. The number of nitrogens with one attached hydrogen (secondary N) is 1. The third kappa shape index (κ3) is 4.68. The summed E-state index contributed by atoms with van der Waals surface area (Å²) >= 11 is 3.29. The zero-order valence-corrected chi connectivity index (χ0v) is 13.2. The van der Waals surface area contributed by atoms with Crippen LogP contribution in [0, 0.1) is 12.3 Å². The van der Waals surface area contributed by atoms with Crippen molar-refractivity contribution in [1.82, 2.24) is 5.32 Å². The number of ether oxygens (including phenoxy) is 3. The minimum atomic E-state index is -0.671. The Morgan fingerprint density at radius 2 is 1.86 bits per heavy atom. The highest BCUT2D eigenvalue weighted by Gasteiger charge is 2.16. The average Bonchev–Trinajstić information content (AvgIpc) is 2.50. The van der Waals surface area contributed by atoms with Crippen LogP contribution in [0.4, 0.5) is 0 Å². The molecular weight excluding hydrogens is 342 g/mol. The van der Waals surface area contributed by atoms with E-state index in [0.717, 1.165) is 0 Å². The molecule has 21 heavy (non-hydrogen) atoms. The largest absolute Gasteiger partial charge is 0.495 e.